The molecule has 5 atom stereocenters. The predicted molar refractivity (Wildman–Crippen MR) is 179 cm³/mol. The molecule has 5 nitrogen and oxygen atoms in total. The molecule has 1 rings (SSSR count). The van der Waals surface area contributed by atoms with Crippen molar-refractivity contribution >= 4 is 22.6 Å². The summed E-state index contributed by atoms with van der Waals surface area (Å²) in [7, 11) is -4.23. The number of rotatable bonds is 19. The summed E-state index contributed by atoms with van der Waals surface area (Å²) >= 11 is 0. The molecule has 0 radical (unpaired) electrons. The lowest BCUT2D eigenvalue weighted by atomic mass is 10.0. The van der Waals surface area contributed by atoms with Crippen molar-refractivity contribution in [2.75, 3.05) is 0 Å². The van der Waals surface area contributed by atoms with Gasteiger partial charge >= 0.3 is 5.97 Å². The first-order valence-electron chi connectivity index (χ1n) is 16.1. The van der Waals surface area contributed by atoms with Gasteiger partial charge in [-0.2, -0.15) is 0 Å². The van der Waals surface area contributed by atoms with Crippen LogP contribution in [0.3, 0.4) is 0 Å². The molecule has 0 aliphatic heterocycles. The van der Waals surface area contributed by atoms with Crippen molar-refractivity contribution in [3.8, 4) is 0 Å². The molecule has 0 bridgehead atoms. The van der Waals surface area contributed by atoms with Crippen LogP contribution in [0.2, 0.25) is 36.3 Å². The van der Waals surface area contributed by atoms with E-state index in [1.165, 1.54) is 19.3 Å². The lowest BCUT2D eigenvalue weighted by Crippen LogP contribution is -2.52. The maximum Gasteiger partial charge on any atom is 0.303 e. The van der Waals surface area contributed by atoms with E-state index in [0.29, 0.717) is 12.8 Å². The summed E-state index contributed by atoms with van der Waals surface area (Å²) in [5, 5.41) is 20.1. The van der Waals surface area contributed by atoms with Gasteiger partial charge in [0, 0.05) is 6.42 Å². The Morgan fingerprint density at radius 2 is 1.44 bits per heavy atom. The Kier molecular flexibility index (Phi) is 15.5. The zero-order valence-electron chi connectivity index (χ0n) is 28.3. The molecule has 0 heterocycles. The summed E-state index contributed by atoms with van der Waals surface area (Å²) in [4.78, 5) is 10.8. The second-order valence-electron chi connectivity index (χ2n) is 15.1. The summed E-state index contributed by atoms with van der Waals surface area (Å²) < 4.78 is 14.3. The Balaban J connectivity index is 3.22. The van der Waals surface area contributed by atoms with E-state index < -0.39 is 28.7 Å². The van der Waals surface area contributed by atoms with Crippen molar-refractivity contribution < 1.29 is 23.9 Å². The number of hydrogen-bond acceptors (Lipinski definition) is 4. The summed E-state index contributed by atoms with van der Waals surface area (Å²) in [6.07, 6.45) is 20.0. The Labute approximate surface area is 255 Å². The van der Waals surface area contributed by atoms with E-state index in [-0.39, 0.29) is 40.5 Å². The number of hydrogen-bond donors (Lipinski definition) is 2. The van der Waals surface area contributed by atoms with Gasteiger partial charge < -0.3 is 19.1 Å². The number of aliphatic carboxylic acids is 1. The van der Waals surface area contributed by atoms with Gasteiger partial charge in [0.25, 0.3) is 0 Å². The van der Waals surface area contributed by atoms with E-state index in [1.54, 1.807) is 0 Å². The van der Waals surface area contributed by atoms with Crippen molar-refractivity contribution in [2.45, 2.75) is 161 Å². The first-order chi connectivity index (χ1) is 18.8. The predicted octanol–water partition coefficient (Wildman–Crippen LogP) is 9.66. The van der Waals surface area contributed by atoms with Crippen LogP contribution in [-0.2, 0) is 13.6 Å². The van der Waals surface area contributed by atoms with Gasteiger partial charge in [-0.15, -0.1) is 0 Å². The van der Waals surface area contributed by atoms with Crippen molar-refractivity contribution in [3.63, 3.8) is 0 Å². The van der Waals surface area contributed by atoms with Crippen molar-refractivity contribution in [1.29, 1.82) is 0 Å². The van der Waals surface area contributed by atoms with Gasteiger partial charge in [0.15, 0.2) is 16.6 Å². The third-order valence-electron chi connectivity index (χ3n) is 9.41. The van der Waals surface area contributed by atoms with Crippen molar-refractivity contribution in [3.05, 3.63) is 36.5 Å². The molecular formula is C34H64O5Si2. The van der Waals surface area contributed by atoms with Crippen LogP contribution in [0.4, 0.5) is 0 Å². The van der Waals surface area contributed by atoms with Crippen LogP contribution in [0.15, 0.2) is 36.5 Å². The number of aliphatic hydroxyl groups excluding tert-OH is 1. The third kappa shape index (κ3) is 13.5. The van der Waals surface area contributed by atoms with Crippen LogP contribution in [-0.4, -0.2) is 51.1 Å². The highest BCUT2D eigenvalue weighted by atomic mass is 28.4. The fourth-order valence-corrected chi connectivity index (χ4v) is 7.05. The lowest BCUT2D eigenvalue weighted by Gasteiger charge is -2.45. The second-order valence-corrected chi connectivity index (χ2v) is 24.6. The molecule has 1 aliphatic rings. The summed E-state index contributed by atoms with van der Waals surface area (Å²) in [5.74, 6) is -0.405. The second kappa shape index (κ2) is 16.7. The average Bonchev–Trinajstić information content (AvgIpc) is 3.62. The number of carboxylic acids is 1. The monoisotopic (exact) mass is 608 g/mol. The molecule has 0 saturated heterocycles. The molecule has 0 spiro atoms. The molecule has 1 fully saturated rings. The van der Waals surface area contributed by atoms with Crippen LogP contribution in [0.1, 0.15) is 106 Å². The van der Waals surface area contributed by atoms with E-state index in [4.69, 9.17) is 14.0 Å². The van der Waals surface area contributed by atoms with Gasteiger partial charge in [-0.1, -0.05) is 97.8 Å². The van der Waals surface area contributed by atoms with E-state index in [0.717, 1.165) is 19.3 Å². The molecule has 0 aromatic heterocycles. The third-order valence-corrected chi connectivity index (χ3v) is 18.4. The SMILES string of the molecule is CCCCC/C=C/C/C=C\[C@@H](O[Si](C)(C)C(C)(C)C)[C@H](O[Si](C)(C)C(C)(C)C)[C@@H]1C[C@H]1[C@H](O)C/C=C/CCC(=O)O. The van der Waals surface area contributed by atoms with Gasteiger partial charge in [-0.05, 0) is 86.6 Å². The minimum atomic E-state index is -2.12. The number of allylic oxidation sites excluding steroid dienone is 4. The fraction of sp³-hybridized carbons (Fsp3) is 0.794. The smallest absolute Gasteiger partial charge is 0.303 e. The zero-order chi connectivity index (χ0) is 31.5. The van der Waals surface area contributed by atoms with Gasteiger partial charge in [-0.3, -0.25) is 4.79 Å². The van der Waals surface area contributed by atoms with Crippen LogP contribution in [0.25, 0.3) is 0 Å². The quantitative estimate of drug-likeness (QED) is 0.0867. The summed E-state index contributed by atoms with van der Waals surface area (Å²) in [5.41, 5.74) is 0. The topological polar surface area (TPSA) is 76.0 Å². The Bertz CT molecular complexity index is 863. The molecule has 0 aromatic carbocycles. The molecule has 238 valence electrons. The minimum Gasteiger partial charge on any atom is -0.481 e. The van der Waals surface area contributed by atoms with E-state index in [9.17, 15) is 9.90 Å². The average molecular weight is 609 g/mol. The molecule has 2 N–H and O–H groups in total. The molecule has 0 aromatic rings. The summed E-state index contributed by atoms with van der Waals surface area (Å²) in [6.45, 7) is 25.2. The Hall–Kier alpha value is -0.996. The Morgan fingerprint density at radius 3 is 2.00 bits per heavy atom. The normalized spacial score (nSPS) is 21.2. The zero-order valence-corrected chi connectivity index (χ0v) is 30.3. The number of aliphatic hydroxyl groups is 1. The Morgan fingerprint density at radius 1 is 0.854 bits per heavy atom. The van der Waals surface area contributed by atoms with Gasteiger partial charge in [0.05, 0.1) is 18.3 Å². The van der Waals surface area contributed by atoms with Gasteiger partial charge in [0.1, 0.15) is 0 Å². The van der Waals surface area contributed by atoms with E-state index in [2.05, 4.69) is 99.0 Å². The van der Waals surface area contributed by atoms with Crippen LogP contribution in [0, 0.1) is 11.8 Å². The fourth-order valence-electron chi connectivity index (χ4n) is 4.46. The van der Waals surface area contributed by atoms with Crippen molar-refractivity contribution in [2.24, 2.45) is 11.8 Å². The molecule has 1 saturated carbocycles. The first kappa shape index (κ1) is 38.0. The molecule has 0 unspecified atom stereocenters. The highest BCUT2D eigenvalue weighted by Crippen LogP contribution is 2.50. The standard InChI is InChI=1S/C34H64O5Si2/c1-12-13-14-15-16-17-18-21-24-30(38-40(8,9)33(2,3)4)32(39-41(10,11)34(5,6)7)28-26-27(28)29(35)23-20-19-22-25-31(36)37/h16-17,19-21,24,27-30,32,35H,12-15,18,22-23,25-26H2,1-11H3,(H,36,37)/b17-16+,20-19+,24-21-/t27-,28-,29-,30-,32-/m1/s1. The molecule has 41 heavy (non-hydrogen) atoms. The maximum absolute atomic E-state index is 11.1. The highest BCUT2D eigenvalue weighted by Gasteiger charge is 2.53. The van der Waals surface area contributed by atoms with Crippen LogP contribution < -0.4 is 0 Å². The first-order valence-corrected chi connectivity index (χ1v) is 21.9. The number of carbonyl (C=O) groups is 1. The van der Waals surface area contributed by atoms with E-state index in [1.807, 2.05) is 12.2 Å². The summed E-state index contributed by atoms with van der Waals surface area (Å²) in [6, 6.07) is 0. The lowest BCUT2D eigenvalue weighted by molar-refractivity contribution is -0.136. The highest BCUT2D eigenvalue weighted by molar-refractivity contribution is 6.74. The van der Waals surface area contributed by atoms with Crippen molar-refractivity contribution in [1.82, 2.24) is 0 Å². The molecular weight excluding hydrogens is 545 g/mol. The molecule has 0 amide bonds. The van der Waals surface area contributed by atoms with Gasteiger partial charge in [0.2, 0.25) is 0 Å². The van der Waals surface area contributed by atoms with Crippen LogP contribution in [0.5, 0.6) is 0 Å². The largest absolute Gasteiger partial charge is 0.481 e. The molecule has 1 aliphatic carbocycles. The van der Waals surface area contributed by atoms with Gasteiger partial charge in [-0.25, -0.2) is 0 Å². The minimum absolute atomic E-state index is 0.0631. The van der Waals surface area contributed by atoms with Crippen LogP contribution >= 0.6 is 0 Å². The van der Waals surface area contributed by atoms with E-state index >= 15 is 0 Å². The maximum atomic E-state index is 11.1. The molecule has 7 heteroatoms. The number of carboxylic acid groups (broad SMARTS) is 1. The number of unbranched alkanes of at least 4 members (excludes halogenated alkanes) is 3.